The van der Waals surface area contributed by atoms with Gasteiger partial charge < -0.3 is 165 Å². The first kappa shape index (κ1) is 68.8. The van der Waals surface area contributed by atoms with Crippen LogP contribution < -0.4 is 4.74 Å². The van der Waals surface area contributed by atoms with Crippen molar-refractivity contribution < 1.29 is 198 Å². The number of aliphatic hydroxyl groups excluding tert-OH is 3. The van der Waals surface area contributed by atoms with E-state index in [0.717, 1.165) is 0 Å². The Morgan fingerprint density at radius 2 is 0.683 bits per heavy atom. The van der Waals surface area contributed by atoms with Crippen molar-refractivity contribution in [1.29, 1.82) is 0 Å². The topological polar surface area (TPSA) is 677 Å². The van der Waals surface area contributed by atoms with Gasteiger partial charge in [-0.15, -0.1) is 0 Å². The fraction of sp³-hybridized carbons (Fsp3) is 0.197. The average Bonchev–Trinajstić information content (AvgIpc) is 1.65. The van der Waals surface area contributed by atoms with Crippen LogP contribution >= 0.6 is 0 Å². The molecule has 23 N–H and O–H groups in total. The second kappa shape index (κ2) is 25.5. The highest BCUT2D eigenvalue weighted by Gasteiger charge is 2.55. The van der Waals surface area contributed by atoms with Gasteiger partial charge in [0.25, 0.3) is 0 Å². The summed E-state index contributed by atoms with van der Waals surface area (Å²) in [5.74, 6) is -44.5. The van der Waals surface area contributed by atoms with Crippen LogP contribution in [0.3, 0.4) is 0 Å². The van der Waals surface area contributed by atoms with Crippen LogP contribution in [0.1, 0.15) is 72.5 Å². The number of rotatable bonds is 8. The number of aromatic hydroxyl groups is 20. The Balaban J connectivity index is 1.03. The summed E-state index contributed by atoms with van der Waals surface area (Å²) in [7, 11) is 0. The van der Waals surface area contributed by atoms with Crippen LogP contribution in [0.2, 0.25) is 0 Å². The van der Waals surface area contributed by atoms with Crippen molar-refractivity contribution in [2.24, 2.45) is 0 Å². The summed E-state index contributed by atoms with van der Waals surface area (Å²) in [5.41, 5.74) is -12.8. The van der Waals surface area contributed by atoms with E-state index in [0.29, 0.717) is 42.5 Å². The maximum Gasteiger partial charge on any atom is 0.342 e. The van der Waals surface area contributed by atoms with Crippen molar-refractivity contribution in [1.82, 2.24) is 0 Å². The summed E-state index contributed by atoms with van der Waals surface area (Å²) in [6, 6.07) is 3.50. The monoisotopic (exact) mass is 1420 g/mol. The number of aliphatic hydroxyl groups is 3. The van der Waals surface area contributed by atoms with Crippen LogP contribution in [-0.2, 0) is 42.6 Å². The van der Waals surface area contributed by atoms with Gasteiger partial charge in [-0.2, -0.15) is 0 Å². The average molecular weight is 1420 g/mol. The van der Waals surface area contributed by atoms with Crippen LogP contribution in [0.25, 0.3) is 22.3 Å². The highest BCUT2D eigenvalue weighted by Crippen LogP contribution is 2.57. The van der Waals surface area contributed by atoms with Crippen molar-refractivity contribution in [2.75, 3.05) is 13.2 Å². The molecule has 4 aliphatic rings. The highest BCUT2D eigenvalue weighted by atomic mass is 16.7. The molecule has 10 atom stereocenters. The quantitative estimate of drug-likeness (QED) is 0.0568. The van der Waals surface area contributed by atoms with Crippen molar-refractivity contribution in [3.8, 4) is 149 Å². The van der Waals surface area contributed by atoms with Gasteiger partial charge in [0.15, 0.2) is 135 Å². The molecule has 40 nitrogen and oxygen atoms in total. The van der Waals surface area contributed by atoms with Crippen molar-refractivity contribution >= 4 is 41.8 Å². The van der Waals surface area contributed by atoms with E-state index in [9.17, 15) is 151 Å². The number of benzene rings is 7. The standard InChI is InChI=1S/C61H46O40/c62-19-1-12(2-20(63)34(19)70)53(83)99-50-46(82)60(90)95-28-10-92-56(86)15-6-24(67)37(73)42(78)31(15)33-17(58(88)97-48(28)50)9-27(40(76)44(33)80)94-47-18(8-26(69)39(75)45(47)81)59(89)101-52-51(100-54(84)13-3-21(64)35(71)22(65)4-13)49-29(96-61(52)91)11-93-55(85)14-5-23(66)36(72)41(77)30(14)32-16(57(87)98-49)7-25(68)38(74)43(32)79/h1-9,28-29,46,48-52,60-82,90-91H,10-11H2/t28-,29-,46-,48-,49-,50-,51+,52-,60-,61-/m1/s1. The first-order chi connectivity index (χ1) is 47.5. The summed E-state index contributed by atoms with van der Waals surface area (Å²) in [6.07, 6.45) is -25.2. The summed E-state index contributed by atoms with van der Waals surface area (Å²) >= 11 is 0. The zero-order valence-corrected chi connectivity index (χ0v) is 49.6. The third-order valence-electron chi connectivity index (χ3n) is 15.8. The third kappa shape index (κ3) is 11.8. The fourth-order valence-corrected chi connectivity index (χ4v) is 10.9. The van der Waals surface area contributed by atoms with Gasteiger partial charge in [0.2, 0.25) is 34.5 Å². The lowest BCUT2D eigenvalue weighted by Gasteiger charge is -2.42. The summed E-state index contributed by atoms with van der Waals surface area (Å²) in [5, 5.41) is 249. The Labute approximate surface area is 555 Å². The molecule has 530 valence electrons. The predicted molar refractivity (Wildman–Crippen MR) is 311 cm³/mol. The molecule has 101 heavy (non-hydrogen) atoms. The fourth-order valence-electron chi connectivity index (χ4n) is 10.9. The van der Waals surface area contributed by atoms with E-state index in [4.69, 9.17) is 47.4 Å². The molecule has 4 aliphatic heterocycles. The zero-order chi connectivity index (χ0) is 73.7. The minimum Gasteiger partial charge on any atom is -0.504 e. The van der Waals surface area contributed by atoms with Gasteiger partial charge in [0.1, 0.15) is 37.1 Å². The van der Waals surface area contributed by atoms with Gasteiger partial charge in [0, 0.05) is 34.4 Å². The van der Waals surface area contributed by atoms with E-state index < -0.39 is 304 Å². The molecule has 0 amide bonds. The van der Waals surface area contributed by atoms with Gasteiger partial charge in [-0.3, -0.25) is 0 Å². The number of hydrogen-bond acceptors (Lipinski definition) is 40. The van der Waals surface area contributed by atoms with Crippen molar-refractivity contribution in [2.45, 2.75) is 61.4 Å². The molecule has 0 bridgehead atoms. The van der Waals surface area contributed by atoms with Crippen LogP contribution in [0, 0.1) is 0 Å². The van der Waals surface area contributed by atoms with Crippen LogP contribution in [0.4, 0.5) is 0 Å². The number of phenolic OH excluding ortho intramolecular Hbond substituents is 20. The Morgan fingerprint density at radius 1 is 0.347 bits per heavy atom. The molecule has 2 fully saturated rings. The molecule has 40 heteroatoms. The van der Waals surface area contributed by atoms with Crippen LogP contribution in [0.15, 0.2) is 54.6 Å². The van der Waals surface area contributed by atoms with Gasteiger partial charge in [-0.1, -0.05) is 0 Å². The van der Waals surface area contributed by atoms with Gasteiger partial charge in [-0.25, -0.2) is 33.6 Å². The number of fused-ring (bicyclic) bond motifs is 8. The predicted octanol–water partition coefficient (Wildman–Crippen LogP) is 0.789. The normalized spacial score (nSPS) is 21.8. The number of carbonyl (C=O) groups excluding carboxylic acids is 7. The zero-order valence-electron chi connectivity index (χ0n) is 49.6. The van der Waals surface area contributed by atoms with Crippen molar-refractivity contribution in [3.05, 3.63) is 93.5 Å². The largest absolute Gasteiger partial charge is 0.504 e. The third-order valence-corrected chi connectivity index (χ3v) is 15.8. The number of esters is 7. The molecule has 4 heterocycles. The van der Waals surface area contributed by atoms with Crippen molar-refractivity contribution in [3.63, 3.8) is 0 Å². The molecule has 7 aromatic rings. The Hall–Kier alpha value is -13.6. The van der Waals surface area contributed by atoms with E-state index in [1.54, 1.807) is 0 Å². The Bertz CT molecular complexity index is 4680. The molecule has 11 rings (SSSR count). The molecular weight excluding hydrogens is 1370 g/mol. The summed E-state index contributed by atoms with van der Waals surface area (Å²) in [6.45, 7) is -2.58. The smallest absolute Gasteiger partial charge is 0.342 e. The van der Waals surface area contributed by atoms with E-state index in [1.807, 2.05) is 0 Å². The Kier molecular flexibility index (Phi) is 17.3. The molecule has 0 spiro atoms. The number of carbonyl (C=O) groups is 7. The second-order valence-corrected chi connectivity index (χ2v) is 22.0. The van der Waals surface area contributed by atoms with Gasteiger partial charge >= 0.3 is 41.8 Å². The molecule has 0 saturated carbocycles. The molecule has 2 saturated heterocycles. The number of hydrogen-bond donors (Lipinski definition) is 23. The maximum absolute atomic E-state index is 14.9. The maximum atomic E-state index is 14.9. The van der Waals surface area contributed by atoms with Gasteiger partial charge in [0.05, 0.1) is 33.4 Å². The molecule has 0 unspecified atom stereocenters. The van der Waals surface area contributed by atoms with Crippen LogP contribution in [-0.4, -0.2) is 234 Å². The molecule has 7 aromatic carbocycles. The molecule has 0 radical (unpaired) electrons. The first-order valence-corrected chi connectivity index (χ1v) is 28.1. The second-order valence-electron chi connectivity index (χ2n) is 22.0. The van der Waals surface area contributed by atoms with Gasteiger partial charge in [-0.05, 0) is 42.5 Å². The SMILES string of the molecule is O=C(O[C@@H]1[C@@H](OC(=O)c2cc(O)c(O)c(O)c2Oc2cc3c(c(O)c2O)-c2c(cc(O)c(O)c2O)C(=O)OC[C@H]2O[C@@H](O)[C@H](O)[C@@H](OC(=O)c4cc(O)c(O)c(O)c4)[C@@H]2OC3=O)[C@H](O)O[C@@H]2COC(=O)c3cc(O)c(O)c(O)c3-c3c(cc(O)c(O)c3O)C(=O)O[C@@H]12)c1cc(O)c(O)c(O)c1. The van der Waals surface area contributed by atoms with E-state index in [-0.39, 0.29) is 12.1 Å². The molecular formula is C61H46O40. The summed E-state index contributed by atoms with van der Waals surface area (Å²) in [4.78, 5) is 100. The molecule has 0 aromatic heterocycles. The lowest BCUT2D eigenvalue weighted by molar-refractivity contribution is -0.285. The minimum absolute atomic E-state index is 0.172. The summed E-state index contributed by atoms with van der Waals surface area (Å²) < 4.78 is 54.9. The number of ether oxygens (including phenoxy) is 10. The molecule has 0 aliphatic carbocycles. The van der Waals surface area contributed by atoms with E-state index >= 15 is 0 Å². The van der Waals surface area contributed by atoms with Crippen LogP contribution in [0.5, 0.6) is 126 Å². The Morgan fingerprint density at radius 3 is 1.12 bits per heavy atom. The minimum atomic E-state index is -2.85. The lowest BCUT2D eigenvalue weighted by Crippen LogP contribution is -2.62. The highest BCUT2D eigenvalue weighted by molar-refractivity contribution is 6.10. The number of phenols is 20. The van der Waals surface area contributed by atoms with E-state index in [2.05, 4.69) is 0 Å². The van der Waals surface area contributed by atoms with E-state index in [1.165, 1.54) is 0 Å². The first-order valence-electron chi connectivity index (χ1n) is 28.1. The number of cyclic esters (lactones) is 2. The lowest BCUT2D eigenvalue weighted by atomic mass is 9.91.